The lowest BCUT2D eigenvalue weighted by atomic mass is 9.80. The van der Waals surface area contributed by atoms with Gasteiger partial charge in [-0.15, -0.1) is 4.31 Å². The first-order valence-electron chi connectivity index (χ1n) is 7.53. The molecule has 8 heteroatoms. The van der Waals surface area contributed by atoms with E-state index >= 15 is 0 Å². The van der Waals surface area contributed by atoms with Gasteiger partial charge in [0.2, 0.25) is 5.91 Å². The number of hydrogen-bond donors (Lipinski definition) is 2. The van der Waals surface area contributed by atoms with Gasteiger partial charge in [0, 0.05) is 18.3 Å². The number of hydrogen-bond acceptors (Lipinski definition) is 3. The van der Waals surface area contributed by atoms with Crippen LogP contribution >= 0.6 is 0 Å². The predicted molar refractivity (Wildman–Crippen MR) is 83.5 cm³/mol. The van der Waals surface area contributed by atoms with Crippen LogP contribution in [0.15, 0.2) is 24.3 Å². The van der Waals surface area contributed by atoms with E-state index in [1.807, 2.05) is 18.2 Å². The fourth-order valence-corrected chi connectivity index (χ4v) is 5.04. The van der Waals surface area contributed by atoms with Crippen molar-refractivity contribution in [1.29, 1.82) is 0 Å². The van der Waals surface area contributed by atoms with E-state index in [0.717, 1.165) is 22.7 Å². The number of carbonyl (C=O) groups excluding carboxylic acids is 1. The molecule has 7 nitrogen and oxygen atoms in total. The van der Waals surface area contributed by atoms with Crippen LogP contribution in [-0.4, -0.2) is 37.4 Å². The zero-order valence-corrected chi connectivity index (χ0v) is 13.1. The SMILES string of the molecule is [C-]#[N+][C@@H]1C[C@@]2(CN1S(=O)(=O)NC1CC1)C(=O)Nc1ccccc12. The Bertz CT molecular complexity index is 827. The van der Waals surface area contributed by atoms with Gasteiger partial charge in [0.1, 0.15) is 0 Å². The molecule has 4 rings (SSSR count). The van der Waals surface area contributed by atoms with Crippen LogP contribution in [0, 0.1) is 6.57 Å². The number of benzene rings is 1. The molecule has 1 aromatic rings. The summed E-state index contributed by atoms with van der Waals surface area (Å²) in [6.45, 7) is 7.37. The molecule has 1 aliphatic carbocycles. The fourth-order valence-electron chi connectivity index (χ4n) is 3.42. The third kappa shape index (κ3) is 2.16. The van der Waals surface area contributed by atoms with Crippen molar-refractivity contribution in [2.24, 2.45) is 0 Å². The minimum Gasteiger partial charge on any atom is -0.325 e. The lowest BCUT2D eigenvalue weighted by molar-refractivity contribution is -0.120. The number of amides is 1. The maximum Gasteiger partial charge on any atom is 0.294 e. The number of nitrogens with one attached hydrogen (secondary N) is 2. The van der Waals surface area contributed by atoms with Crippen LogP contribution in [-0.2, 0) is 20.4 Å². The van der Waals surface area contributed by atoms with E-state index in [1.165, 1.54) is 0 Å². The largest absolute Gasteiger partial charge is 0.325 e. The third-order valence-electron chi connectivity index (χ3n) is 4.77. The lowest BCUT2D eigenvalue weighted by Crippen LogP contribution is -2.45. The zero-order chi connectivity index (χ0) is 16.2. The molecule has 1 saturated heterocycles. The summed E-state index contributed by atoms with van der Waals surface area (Å²) in [4.78, 5) is 16.0. The van der Waals surface area contributed by atoms with Crippen LogP contribution in [0.4, 0.5) is 5.69 Å². The molecule has 0 unspecified atom stereocenters. The summed E-state index contributed by atoms with van der Waals surface area (Å²) in [7, 11) is -3.76. The van der Waals surface area contributed by atoms with E-state index in [0.29, 0.717) is 5.69 Å². The Morgan fingerprint density at radius 1 is 1.35 bits per heavy atom. The summed E-state index contributed by atoms with van der Waals surface area (Å²) in [6, 6.07) is 7.25. The number of para-hydroxylation sites is 1. The van der Waals surface area contributed by atoms with Crippen molar-refractivity contribution in [2.45, 2.75) is 36.9 Å². The predicted octanol–water partition coefficient (Wildman–Crippen LogP) is 0.824. The molecule has 2 fully saturated rings. The van der Waals surface area contributed by atoms with E-state index in [9.17, 15) is 13.2 Å². The highest BCUT2D eigenvalue weighted by atomic mass is 32.2. The molecule has 0 bridgehead atoms. The van der Waals surface area contributed by atoms with Crippen molar-refractivity contribution in [3.05, 3.63) is 41.2 Å². The maximum atomic E-state index is 12.6. The molecular weight excluding hydrogens is 316 g/mol. The second-order valence-corrected chi connectivity index (χ2v) is 7.99. The van der Waals surface area contributed by atoms with Gasteiger partial charge in [0.25, 0.3) is 16.4 Å². The number of carbonyl (C=O) groups is 1. The first kappa shape index (κ1) is 14.6. The molecule has 2 aliphatic heterocycles. The van der Waals surface area contributed by atoms with Crippen molar-refractivity contribution in [3.63, 3.8) is 0 Å². The highest BCUT2D eigenvalue weighted by Crippen LogP contribution is 2.47. The summed E-state index contributed by atoms with van der Waals surface area (Å²) in [5.74, 6) is -0.225. The summed E-state index contributed by atoms with van der Waals surface area (Å²) < 4.78 is 28.9. The van der Waals surface area contributed by atoms with Gasteiger partial charge in [0.15, 0.2) is 0 Å². The highest BCUT2D eigenvalue weighted by molar-refractivity contribution is 7.87. The Hall–Kier alpha value is -1.95. The van der Waals surface area contributed by atoms with Crippen molar-refractivity contribution >= 4 is 21.8 Å². The molecule has 120 valence electrons. The normalized spacial score (nSPS) is 30.2. The zero-order valence-electron chi connectivity index (χ0n) is 12.3. The first-order chi connectivity index (χ1) is 11.0. The van der Waals surface area contributed by atoms with Gasteiger partial charge in [-0.3, -0.25) is 9.64 Å². The summed E-state index contributed by atoms with van der Waals surface area (Å²) in [6.07, 6.45) is 0.975. The van der Waals surface area contributed by atoms with Gasteiger partial charge >= 0.3 is 0 Å². The molecule has 2 atom stereocenters. The summed E-state index contributed by atoms with van der Waals surface area (Å²) >= 11 is 0. The molecular formula is C15H16N4O3S. The van der Waals surface area contributed by atoms with E-state index in [1.54, 1.807) is 6.07 Å². The average molecular weight is 332 g/mol. The minimum absolute atomic E-state index is 0.00491. The Morgan fingerprint density at radius 3 is 2.78 bits per heavy atom. The minimum atomic E-state index is -3.76. The van der Waals surface area contributed by atoms with E-state index in [-0.39, 0.29) is 24.9 Å². The van der Waals surface area contributed by atoms with Crippen LogP contribution < -0.4 is 10.0 Å². The van der Waals surface area contributed by atoms with Crippen molar-refractivity contribution < 1.29 is 13.2 Å². The molecule has 1 saturated carbocycles. The van der Waals surface area contributed by atoms with Gasteiger partial charge in [-0.05, 0) is 24.5 Å². The van der Waals surface area contributed by atoms with Gasteiger partial charge in [-0.25, -0.2) is 6.57 Å². The average Bonchev–Trinajstić information content (AvgIpc) is 3.15. The number of rotatable bonds is 3. The molecule has 2 heterocycles. The molecule has 0 radical (unpaired) electrons. The molecule has 3 aliphatic rings. The maximum absolute atomic E-state index is 12.6. The highest BCUT2D eigenvalue weighted by Gasteiger charge is 2.60. The number of anilines is 1. The summed E-state index contributed by atoms with van der Waals surface area (Å²) in [5.41, 5.74) is 0.516. The molecule has 1 spiro atoms. The Labute approximate surface area is 134 Å². The molecule has 2 N–H and O–H groups in total. The Morgan fingerprint density at radius 2 is 2.09 bits per heavy atom. The number of nitrogens with zero attached hydrogens (tertiary/aromatic N) is 2. The van der Waals surface area contributed by atoms with E-state index < -0.39 is 21.8 Å². The van der Waals surface area contributed by atoms with Crippen LogP contribution in [0.5, 0.6) is 0 Å². The third-order valence-corrected chi connectivity index (χ3v) is 6.39. The topological polar surface area (TPSA) is 82.9 Å². The fraction of sp³-hybridized carbons (Fsp3) is 0.467. The number of fused-ring (bicyclic) bond motifs is 2. The monoisotopic (exact) mass is 332 g/mol. The molecule has 0 aromatic heterocycles. The van der Waals surface area contributed by atoms with Gasteiger partial charge in [0.05, 0.1) is 11.8 Å². The first-order valence-corrected chi connectivity index (χ1v) is 8.97. The Kier molecular flexibility index (Phi) is 3.04. The smallest absolute Gasteiger partial charge is 0.294 e. The molecule has 1 amide bonds. The quantitative estimate of drug-likeness (QED) is 0.804. The van der Waals surface area contributed by atoms with Crippen LogP contribution in [0.3, 0.4) is 0 Å². The Balaban J connectivity index is 1.73. The lowest BCUT2D eigenvalue weighted by Gasteiger charge is -2.21. The van der Waals surface area contributed by atoms with Gasteiger partial charge in [-0.1, -0.05) is 18.2 Å². The van der Waals surface area contributed by atoms with E-state index in [4.69, 9.17) is 6.57 Å². The standard InChI is InChI=1S/C15H16N4O3S/c1-16-13-8-15(9-19(13)23(21,22)18-10-6-7-10)11-4-2-3-5-12(11)17-14(15)20/h2-5,10,13,18H,6-9H2,(H,17,20)/t13-,15-/m0/s1. The van der Waals surface area contributed by atoms with Crippen molar-refractivity contribution in [3.8, 4) is 0 Å². The van der Waals surface area contributed by atoms with Crippen LogP contribution in [0.2, 0.25) is 0 Å². The molecule has 1 aromatic carbocycles. The van der Waals surface area contributed by atoms with E-state index in [2.05, 4.69) is 14.9 Å². The second-order valence-electron chi connectivity index (χ2n) is 6.34. The second kappa shape index (κ2) is 4.77. The van der Waals surface area contributed by atoms with Crippen LogP contribution in [0.1, 0.15) is 24.8 Å². The molecule has 23 heavy (non-hydrogen) atoms. The van der Waals surface area contributed by atoms with Crippen molar-refractivity contribution in [1.82, 2.24) is 9.03 Å². The summed E-state index contributed by atoms with van der Waals surface area (Å²) in [5, 5.41) is 2.82. The van der Waals surface area contributed by atoms with Gasteiger partial charge < -0.3 is 5.32 Å². The van der Waals surface area contributed by atoms with Crippen LogP contribution in [0.25, 0.3) is 4.85 Å². The van der Waals surface area contributed by atoms with Gasteiger partial charge in [-0.2, -0.15) is 13.1 Å². The van der Waals surface area contributed by atoms with Crippen molar-refractivity contribution in [2.75, 3.05) is 11.9 Å².